The number of ether oxygens (including phenoxy) is 1. The molecule has 1 N–H and O–H groups in total. The Morgan fingerprint density at radius 1 is 1.15 bits per heavy atom. The van der Waals surface area contributed by atoms with Crippen LogP contribution in [-0.2, 0) is 21.3 Å². The van der Waals surface area contributed by atoms with Gasteiger partial charge < -0.3 is 9.64 Å². The molecule has 0 aliphatic carbocycles. The van der Waals surface area contributed by atoms with Gasteiger partial charge in [-0.15, -0.1) is 0 Å². The van der Waals surface area contributed by atoms with Crippen LogP contribution >= 0.6 is 0 Å². The molecule has 1 unspecified atom stereocenters. The number of carbonyl (C=O) groups excluding carboxylic acids is 1. The molecular weight excluding hydrogens is 452 g/mol. The second kappa shape index (κ2) is 10.1. The van der Waals surface area contributed by atoms with Gasteiger partial charge in [-0.25, -0.2) is 17.8 Å². The van der Waals surface area contributed by atoms with Gasteiger partial charge >= 0.3 is 0 Å². The van der Waals surface area contributed by atoms with Crippen molar-refractivity contribution in [2.75, 3.05) is 20.2 Å². The Morgan fingerprint density at radius 3 is 2.50 bits per heavy atom. The van der Waals surface area contributed by atoms with Crippen LogP contribution in [0.5, 0.6) is 0 Å². The third-order valence-electron chi connectivity index (χ3n) is 6.12. The summed E-state index contributed by atoms with van der Waals surface area (Å²) in [5.41, 5.74) is 4.21. The predicted molar refractivity (Wildman–Crippen MR) is 129 cm³/mol. The van der Waals surface area contributed by atoms with Gasteiger partial charge in [0, 0.05) is 43.6 Å². The smallest absolute Gasteiger partial charge is 0.253 e. The maximum atomic E-state index is 13.0. The van der Waals surface area contributed by atoms with Gasteiger partial charge in [0.1, 0.15) is 0 Å². The van der Waals surface area contributed by atoms with Crippen LogP contribution in [0, 0.1) is 13.8 Å². The number of amides is 1. The molecule has 180 valence electrons. The van der Waals surface area contributed by atoms with Crippen LogP contribution in [0.1, 0.15) is 40.2 Å². The van der Waals surface area contributed by atoms with Gasteiger partial charge in [0.2, 0.25) is 10.0 Å². The minimum absolute atomic E-state index is 0.0811. The molecule has 1 aliphatic heterocycles. The average molecular weight is 483 g/mol. The third-order valence-corrected chi connectivity index (χ3v) is 7.56. The first-order valence-electron chi connectivity index (χ1n) is 11.3. The van der Waals surface area contributed by atoms with Crippen molar-refractivity contribution in [1.82, 2.24) is 19.4 Å². The van der Waals surface area contributed by atoms with Crippen LogP contribution in [0.2, 0.25) is 0 Å². The van der Waals surface area contributed by atoms with Crippen LogP contribution in [-0.4, -0.2) is 55.3 Å². The standard InChI is InChI=1S/C25H30N4O4S/c1-18-24(19(2)29(27-18)21-8-5-4-6-9-21)17-28(3)25(30)20-11-13-23(14-12-20)34(31,32)26-16-22-10-7-15-33-22/h4-6,8-9,11-14,22,26H,7,10,15-17H2,1-3H3. The van der Waals surface area contributed by atoms with Crippen molar-refractivity contribution in [3.05, 3.63) is 77.1 Å². The Kier molecular flexibility index (Phi) is 7.16. The highest BCUT2D eigenvalue weighted by Crippen LogP contribution is 2.20. The first-order valence-corrected chi connectivity index (χ1v) is 12.8. The lowest BCUT2D eigenvalue weighted by Crippen LogP contribution is -2.32. The van der Waals surface area contributed by atoms with E-state index in [4.69, 9.17) is 4.74 Å². The molecule has 1 amide bonds. The van der Waals surface area contributed by atoms with E-state index in [1.165, 1.54) is 12.1 Å². The van der Waals surface area contributed by atoms with Crippen molar-refractivity contribution in [3.63, 3.8) is 0 Å². The summed E-state index contributed by atoms with van der Waals surface area (Å²) in [6.45, 7) is 5.24. The predicted octanol–water partition coefficient (Wildman–Crippen LogP) is 3.22. The summed E-state index contributed by atoms with van der Waals surface area (Å²) in [7, 11) is -1.93. The third kappa shape index (κ3) is 5.22. The van der Waals surface area contributed by atoms with E-state index in [1.54, 1.807) is 24.1 Å². The van der Waals surface area contributed by atoms with Gasteiger partial charge in [-0.05, 0) is 63.1 Å². The lowest BCUT2D eigenvalue weighted by atomic mass is 10.1. The van der Waals surface area contributed by atoms with E-state index in [-0.39, 0.29) is 23.5 Å². The van der Waals surface area contributed by atoms with E-state index < -0.39 is 10.0 Å². The van der Waals surface area contributed by atoms with Gasteiger partial charge in [0.05, 0.1) is 22.4 Å². The van der Waals surface area contributed by atoms with E-state index in [9.17, 15) is 13.2 Å². The number of sulfonamides is 1. The lowest BCUT2D eigenvalue weighted by Gasteiger charge is -2.18. The zero-order valence-electron chi connectivity index (χ0n) is 19.7. The molecular formula is C25H30N4O4S. The molecule has 0 saturated carbocycles. The van der Waals surface area contributed by atoms with Gasteiger partial charge in [-0.3, -0.25) is 4.79 Å². The Labute approximate surface area is 200 Å². The SMILES string of the molecule is Cc1nn(-c2ccccc2)c(C)c1CN(C)C(=O)c1ccc(S(=O)(=O)NCC2CCCO2)cc1. The molecule has 9 heteroatoms. The number of aryl methyl sites for hydroxylation is 1. The van der Waals surface area contributed by atoms with Crippen molar-refractivity contribution in [2.24, 2.45) is 0 Å². The Balaban J connectivity index is 1.43. The molecule has 3 aromatic rings. The molecule has 1 atom stereocenters. The van der Waals surface area contributed by atoms with Crippen molar-refractivity contribution < 1.29 is 17.9 Å². The van der Waals surface area contributed by atoms with Crippen LogP contribution in [0.4, 0.5) is 0 Å². The maximum absolute atomic E-state index is 13.0. The lowest BCUT2D eigenvalue weighted by molar-refractivity contribution is 0.0784. The fourth-order valence-electron chi connectivity index (χ4n) is 4.12. The fourth-order valence-corrected chi connectivity index (χ4v) is 5.19. The number of aromatic nitrogens is 2. The van der Waals surface area contributed by atoms with Crippen molar-refractivity contribution in [1.29, 1.82) is 0 Å². The Hall–Kier alpha value is -3.01. The highest BCUT2D eigenvalue weighted by molar-refractivity contribution is 7.89. The minimum atomic E-state index is -3.66. The molecule has 8 nitrogen and oxygen atoms in total. The number of nitrogens with one attached hydrogen (secondary N) is 1. The number of benzene rings is 2. The van der Waals surface area contributed by atoms with E-state index in [2.05, 4.69) is 9.82 Å². The van der Waals surface area contributed by atoms with Gasteiger partial charge in [-0.1, -0.05) is 18.2 Å². The number of para-hydroxylation sites is 1. The van der Waals surface area contributed by atoms with Gasteiger partial charge in [-0.2, -0.15) is 5.10 Å². The topological polar surface area (TPSA) is 93.5 Å². The van der Waals surface area contributed by atoms with E-state index in [0.29, 0.717) is 18.7 Å². The first kappa shape index (κ1) is 24.1. The Bertz CT molecular complexity index is 1250. The fraction of sp³-hybridized carbons (Fsp3) is 0.360. The van der Waals surface area contributed by atoms with Crippen LogP contribution in [0.25, 0.3) is 5.69 Å². The molecule has 0 radical (unpaired) electrons. The summed E-state index contributed by atoms with van der Waals surface area (Å²) in [4.78, 5) is 14.8. The molecule has 1 aliphatic rings. The quantitative estimate of drug-likeness (QED) is 0.532. The number of rotatable bonds is 8. The van der Waals surface area contributed by atoms with E-state index >= 15 is 0 Å². The summed E-state index contributed by atoms with van der Waals surface area (Å²) in [6.07, 6.45) is 1.72. The summed E-state index contributed by atoms with van der Waals surface area (Å²) in [5.74, 6) is -0.192. The van der Waals surface area contributed by atoms with E-state index in [0.717, 1.165) is 35.5 Å². The molecule has 1 aromatic heterocycles. The van der Waals surface area contributed by atoms with Crippen LogP contribution < -0.4 is 4.72 Å². The minimum Gasteiger partial charge on any atom is -0.377 e. The Morgan fingerprint density at radius 2 is 1.85 bits per heavy atom. The number of hydrogen-bond donors (Lipinski definition) is 1. The average Bonchev–Trinajstić information content (AvgIpc) is 3.47. The zero-order valence-corrected chi connectivity index (χ0v) is 20.5. The normalized spacial score (nSPS) is 16.0. The van der Waals surface area contributed by atoms with Crippen LogP contribution in [0.15, 0.2) is 59.5 Å². The largest absolute Gasteiger partial charge is 0.377 e. The number of nitrogens with zero attached hydrogens (tertiary/aromatic N) is 3. The molecule has 0 bridgehead atoms. The summed E-state index contributed by atoms with van der Waals surface area (Å²) in [6, 6.07) is 15.9. The second-order valence-electron chi connectivity index (χ2n) is 8.57. The van der Waals surface area contributed by atoms with Crippen molar-refractivity contribution in [2.45, 2.75) is 44.2 Å². The monoisotopic (exact) mass is 482 g/mol. The number of hydrogen-bond acceptors (Lipinski definition) is 5. The molecule has 0 spiro atoms. The molecule has 2 heterocycles. The summed E-state index contributed by atoms with van der Waals surface area (Å²) < 4.78 is 35.1. The zero-order chi connectivity index (χ0) is 24.3. The second-order valence-corrected chi connectivity index (χ2v) is 10.3. The summed E-state index contributed by atoms with van der Waals surface area (Å²) >= 11 is 0. The van der Waals surface area contributed by atoms with E-state index in [1.807, 2.05) is 48.9 Å². The van der Waals surface area contributed by atoms with Crippen molar-refractivity contribution >= 4 is 15.9 Å². The molecule has 1 fully saturated rings. The van der Waals surface area contributed by atoms with Crippen LogP contribution in [0.3, 0.4) is 0 Å². The first-order chi connectivity index (χ1) is 16.3. The highest BCUT2D eigenvalue weighted by Gasteiger charge is 2.22. The van der Waals surface area contributed by atoms with Gasteiger partial charge in [0.15, 0.2) is 0 Å². The molecule has 4 rings (SSSR count). The molecule has 34 heavy (non-hydrogen) atoms. The molecule has 1 saturated heterocycles. The number of carbonyl (C=O) groups is 1. The van der Waals surface area contributed by atoms with Gasteiger partial charge in [0.25, 0.3) is 5.91 Å². The molecule has 2 aromatic carbocycles. The van der Waals surface area contributed by atoms with Crippen molar-refractivity contribution in [3.8, 4) is 5.69 Å². The maximum Gasteiger partial charge on any atom is 0.253 e. The highest BCUT2D eigenvalue weighted by atomic mass is 32.2. The summed E-state index contributed by atoms with van der Waals surface area (Å²) in [5, 5.41) is 4.65.